The number of amides is 1. The van der Waals surface area contributed by atoms with Crippen LogP contribution in [0, 0.1) is 17.4 Å². The summed E-state index contributed by atoms with van der Waals surface area (Å²) in [6.07, 6.45) is 1.61. The minimum atomic E-state index is -0.453. The van der Waals surface area contributed by atoms with E-state index in [0.29, 0.717) is 0 Å². The second kappa shape index (κ2) is 7.74. The van der Waals surface area contributed by atoms with Gasteiger partial charge in [-0.25, -0.2) is 5.43 Å². The fourth-order valence-electron chi connectivity index (χ4n) is 2.79. The van der Waals surface area contributed by atoms with E-state index >= 15 is 0 Å². The Labute approximate surface area is 165 Å². The number of aromatic nitrogens is 1. The Kier molecular flexibility index (Phi) is 5.41. The molecule has 0 saturated carbocycles. The van der Waals surface area contributed by atoms with Crippen LogP contribution in [-0.4, -0.2) is 21.8 Å². The lowest BCUT2D eigenvalue weighted by Gasteiger charge is -2.09. The maximum Gasteiger partial charge on any atom is 0.275 e. The number of carbonyl (C=O) groups excluding carboxylic acids is 1. The topological polar surface area (TPSA) is 66.6 Å². The molecule has 1 aromatic heterocycles. The number of aryl methyl sites for hydroxylation is 1. The highest BCUT2D eigenvalue weighted by atomic mass is 127. The van der Waals surface area contributed by atoms with Crippen molar-refractivity contribution in [1.29, 1.82) is 0 Å². The van der Waals surface area contributed by atoms with Crippen LogP contribution >= 0.6 is 22.6 Å². The summed E-state index contributed by atoms with van der Waals surface area (Å²) >= 11 is 2.28. The van der Waals surface area contributed by atoms with Crippen molar-refractivity contribution < 1.29 is 9.90 Å². The molecule has 26 heavy (non-hydrogen) atoms. The molecule has 6 heteroatoms. The molecule has 1 heterocycles. The van der Waals surface area contributed by atoms with Gasteiger partial charge in [-0.1, -0.05) is 12.1 Å². The number of hydrazone groups is 1. The highest BCUT2D eigenvalue weighted by Gasteiger charge is 2.11. The Hall–Kier alpha value is -2.61. The maximum atomic E-state index is 12.1. The van der Waals surface area contributed by atoms with Crippen molar-refractivity contribution in [2.24, 2.45) is 5.10 Å². The van der Waals surface area contributed by atoms with Crippen LogP contribution in [0.5, 0.6) is 5.75 Å². The summed E-state index contributed by atoms with van der Waals surface area (Å²) in [5.41, 5.74) is 6.75. The number of nitrogens with one attached hydrogen (secondary N) is 1. The van der Waals surface area contributed by atoms with E-state index in [4.69, 9.17) is 0 Å². The molecule has 0 aliphatic carbocycles. The van der Waals surface area contributed by atoms with Crippen LogP contribution in [0.4, 0.5) is 0 Å². The summed E-state index contributed by atoms with van der Waals surface area (Å²) in [4.78, 5) is 12.1. The van der Waals surface area contributed by atoms with Crippen LogP contribution in [0.1, 0.15) is 27.3 Å². The first-order valence-electron chi connectivity index (χ1n) is 8.03. The Morgan fingerprint density at radius 1 is 1.15 bits per heavy atom. The van der Waals surface area contributed by atoms with E-state index in [0.717, 1.165) is 22.6 Å². The summed E-state index contributed by atoms with van der Waals surface area (Å²) in [5, 5.41) is 13.7. The number of halogens is 1. The lowest BCUT2D eigenvalue weighted by atomic mass is 10.2. The fraction of sp³-hybridized carbons (Fsp3) is 0.100. The molecule has 0 radical (unpaired) electrons. The Morgan fingerprint density at radius 3 is 2.54 bits per heavy atom. The predicted molar refractivity (Wildman–Crippen MR) is 111 cm³/mol. The summed E-state index contributed by atoms with van der Waals surface area (Å²) in [5.74, 6) is -0.525. The zero-order chi connectivity index (χ0) is 18.7. The zero-order valence-corrected chi connectivity index (χ0v) is 16.6. The first-order valence-corrected chi connectivity index (χ1v) is 9.11. The molecule has 0 unspecified atom stereocenters. The molecular formula is C20H18IN3O2. The normalized spacial score (nSPS) is 11.0. The average molecular weight is 459 g/mol. The molecule has 3 aromatic rings. The zero-order valence-electron chi connectivity index (χ0n) is 14.4. The number of hydrogen-bond acceptors (Lipinski definition) is 3. The lowest BCUT2D eigenvalue weighted by Crippen LogP contribution is -2.17. The van der Waals surface area contributed by atoms with Gasteiger partial charge in [0.2, 0.25) is 0 Å². The SMILES string of the molecule is Cc1cc(C=NNC(=O)c2ccccc2O)c(C)n1-c1ccc(I)cc1. The van der Waals surface area contributed by atoms with Crippen molar-refractivity contribution in [3.63, 3.8) is 0 Å². The van der Waals surface area contributed by atoms with Crippen LogP contribution < -0.4 is 5.43 Å². The standard InChI is InChI=1S/C20H18IN3O2/c1-13-11-15(14(2)24(13)17-9-7-16(21)8-10-17)12-22-23-20(26)18-5-3-4-6-19(18)25/h3-12,25H,1-2H3,(H,23,26). The van der Waals surface area contributed by atoms with Gasteiger partial charge in [-0.15, -0.1) is 0 Å². The summed E-state index contributed by atoms with van der Waals surface area (Å²) in [6.45, 7) is 4.04. The summed E-state index contributed by atoms with van der Waals surface area (Å²) in [7, 11) is 0. The molecule has 2 N–H and O–H groups in total. The number of phenols is 1. The third-order valence-corrected chi connectivity index (χ3v) is 4.79. The van der Waals surface area contributed by atoms with E-state index in [1.54, 1.807) is 24.4 Å². The first-order chi connectivity index (χ1) is 12.5. The minimum absolute atomic E-state index is 0.0721. The third kappa shape index (κ3) is 3.80. The van der Waals surface area contributed by atoms with Crippen molar-refractivity contribution in [3.05, 3.63) is 80.7 Å². The quantitative estimate of drug-likeness (QED) is 0.350. The van der Waals surface area contributed by atoms with Gasteiger partial charge < -0.3 is 9.67 Å². The van der Waals surface area contributed by atoms with Gasteiger partial charge in [0.15, 0.2) is 0 Å². The third-order valence-electron chi connectivity index (χ3n) is 4.07. The van der Waals surface area contributed by atoms with Gasteiger partial charge in [-0.05, 0) is 78.9 Å². The van der Waals surface area contributed by atoms with Gasteiger partial charge in [0, 0.05) is 26.2 Å². The first kappa shape index (κ1) is 18.2. The van der Waals surface area contributed by atoms with Gasteiger partial charge in [-0.3, -0.25) is 4.79 Å². The Bertz CT molecular complexity index is 975. The molecular weight excluding hydrogens is 441 g/mol. The monoisotopic (exact) mass is 459 g/mol. The minimum Gasteiger partial charge on any atom is -0.507 e. The molecule has 5 nitrogen and oxygen atoms in total. The van der Waals surface area contributed by atoms with E-state index in [9.17, 15) is 9.90 Å². The molecule has 0 aliphatic rings. The van der Waals surface area contributed by atoms with Crippen LogP contribution in [0.3, 0.4) is 0 Å². The molecule has 0 bridgehead atoms. The highest BCUT2D eigenvalue weighted by molar-refractivity contribution is 14.1. The van der Waals surface area contributed by atoms with Crippen molar-refractivity contribution in [1.82, 2.24) is 9.99 Å². The number of phenolic OH excluding ortho intramolecular Hbond substituents is 1. The van der Waals surface area contributed by atoms with Crippen LogP contribution in [0.15, 0.2) is 59.7 Å². The van der Waals surface area contributed by atoms with Crippen LogP contribution in [0.25, 0.3) is 5.69 Å². The fourth-order valence-corrected chi connectivity index (χ4v) is 3.15. The molecule has 3 rings (SSSR count). The largest absolute Gasteiger partial charge is 0.507 e. The van der Waals surface area contributed by atoms with Crippen molar-refractivity contribution in [3.8, 4) is 11.4 Å². The summed E-state index contributed by atoms with van der Waals surface area (Å²) < 4.78 is 3.32. The van der Waals surface area contributed by atoms with Crippen molar-refractivity contribution >= 4 is 34.7 Å². The van der Waals surface area contributed by atoms with E-state index in [-0.39, 0.29) is 11.3 Å². The van der Waals surface area contributed by atoms with Gasteiger partial charge in [0.25, 0.3) is 5.91 Å². The molecule has 0 fully saturated rings. The van der Waals surface area contributed by atoms with E-state index < -0.39 is 5.91 Å². The molecule has 132 valence electrons. The Balaban J connectivity index is 1.79. The van der Waals surface area contributed by atoms with Gasteiger partial charge in [0.1, 0.15) is 5.75 Å². The molecule has 1 amide bonds. The molecule has 0 atom stereocenters. The van der Waals surface area contributed by atoms with Crippen molar-refractivity contribution in [2.75, 3.05) is 0 Å². The van der Waals surface area contributed by atoms with Gasteiger partial charge in [0.05, 0.1) is 11.8 Å². The maximum absolute atomic E-state index is 12.1. The predicted octanol–water partition coefficient (Wildman–Crippen LogP) is 4.17. The number of benzene rings is 2. The number of hydrogen-bond donors (Lipinski definition) is 2. The Morgan fingerprint density at radius 2 is 1.85 bits per heavy atom. The highest BCUT2D eigenvalue weighted by Crippen LogP contribution is 2.20. The number of rotatable bonds is 4. The van der Waals surface area contributed by atoms with Crippen LogP contribution in [0.2, 0.25) is 0 Å². The second-order valence-electron chi connectivity index (χ2n) is 5.85. The summed E-state index contributed by atoms with van der Waals surface area (Å²) in [6, 6.07) is 16.6. The molecule has 2 aromatic carbocycles. The van der Waals surface area contributed by atoms with E-state index in [2.05, 4.69) is 62.0 Å². The number of para-hydroxylation sites is 1. The van der Waals surface area contributed by atoms with E-state index in [1.165, 1.54) is 9.64 Å². The number of carbonyl (C=O) groups is 1. The van der Waals surface area contributed by atoms with Crippen LogP contribution in [-0.2, 0) is 0 Å². The molecule has 0 aliphatic heterocycles. The molecule has 0 spiro atoms. The van der Waals surface area contributed by atoms with Gasteiger partial charge in [-0.2, -0.15) is 5.10 Å². The smallest absolute Gasteiger partial charge is 0.275 e. The second-order valence-corrected chi connectivity index (χ2v) is 7.10. The average Bonchev–Trinajstić information content (AvgIpc) is 2.90. The van der Waals surface area contributed by atoms with Crippen molar-refractivity contribution in [2.45, 2.75) is 13.8 Å². The van der Waals surface area contributed by atoms with E-state index in [1.807, 2.05) is 19.9 Å². The number of aromatic hydroxyl groups is 1. The lowest BCUT2D eigenvalue weighted by molar-refractivity contribution is 0.0952. The molecule has 0 saturated heterocycles. The number of nitrogens with zero attached hydrogens (tertiary/aromatic N) is 2. The van der Waals surface area contributed by atoms with Gasteiger partial charge >= 0.3 is 0 Å².